The van der Waals surface area contributed by atoms with Gasteiger partial charge in [-0.2, -0.15) is 0 Å². The maximum atomic E-state index is 12.5. The number of hydrogen-bond acceptors (Lipinski definition) is 6. The molecule has 27 heavy (non-hydrogen) atoms. The molecule has 0 bridgehead atoms. The van der Waals surface area contributed by atoms with Crippen LogP contribution in [0, 0.1) is 0 Å². The van der Waals surface area contributed by atoms with Gasteiger partial charge in [-0.3, -0.25) is 4.79 Å². The summed E-state index contributed by atoms with van der Waals surface area (Å²) in [7, 11) is 0. The second kappa shape index (κ2) is 8.81. The van der Waals surface area contributed by atoms with E-state index in [4.69, 9.17) is 4.74 Å². The third-order valence-corrected chi connectivity index (χ3v) is 4.52. The first-order valence-corrected chi connectivity index (χ1v) is 9.45. The van der Waals surface area contributed by atoms with Crippen molar-refractivity contribution in [1.82, 2.24) is 15.1 Å². The molecular formula is C20H27N5O2. The summed E-state index contributed by atoms with van der Waals surface area (Å²) in [6, 6.07) is 11.0. The van der Waals surface area contributed by atoms with E-state index in [9.17, 15) is 4.79 Å². The minimum absolute atomic E-state index is 0.0234. The number of nitrogens with one attached hydrogen (secondary N) is 1. The number of ether oxygens (including phenoxy) is 1. The van der Waals surface area contributed by atoms with Crippen molar-refractivity contribution in [1.29, 1.82) is 0 Å². The molecule has 1 N–H and O–H groups in total. The average Bonchev–Trinajstić information content (AvgIpc) is 2.69. The molecule has 1 aromatic carbocycles. The molecule has 0 unspecified atom stereocenters. The van der Waals surface area contributed by atoms with E-state index in [0.29, 0.717) is 11.4 Å². The Morgan fingerprint density at radius 1 is 1.11 bits per heavy atom. The van der Waals surface area contributed by atoms with Crippen molar-refractivity contribution in [2.24, 2.45) is 0 Å². The van der Waals surface area contributed by atoms with Gasteiger partial charge in [-0.15, -0.1) is 10.2 Å². The van der Waals surface area contributed by atoms with Gasteiger partial charge in [-0.1, -0.05) is 19.1 Å². The van der Waals surface area contributed by atoms with E-state index in [1.54, 1.807) is 6.07 Å². The first-order chi connectivity index (χ1) is 13.1. The number of piperazine rings is 1. The van der Waals surface area contributed by atoms with Gasteiger partial charge in [-0.05, 0) is 44.7 Å². The number of likely N-dealkylation sites (N-methyl/N-ethyl adjacent to an activating group) is 1. The zero-order valence-electron chi connectivity index (χ0n) is 16.2. The van der Waals surface area contributed by atoms with Gasteiger partial charge in [0.05, 0.1) is 11.8 Å². The van der Waals surface area contributed by atoms with Gasteiger partial charge in [0.1, 0.15) is 5.75 Å². The third-order valence-electron chi connectivity index (χ3n) is 4.52. The fourth-order valence-corrected chi connectivity index (χ4v) is 3.02. The van der Waals surface area contributed by atoms with Gasteiger partial charge in [0.2, 0.25) is 0 Å². The monoisotopic (exact) mass is 369 g/mol. The number of nitrogens with zero attached hydrogens (tertiary/aromatic N) is 4. The third kappa shape index (κ3) is 4.95. The van der Waals surface area contributed by atoms with Gasteiger partial charge in [0.25, 0.3) is 5.91 Å². The molecule has 1 aliphatic rings. The molecular weight excluding hydrogens is 342 g/mol. The van der Waals surface area contributed by atoms with E-state index in [1.165, 1.54) is 0 Å². The first kappa shape index (κ1) is 19.1. The molecule has 1 amide bonds. The molecule has 0 aliphatic carbocycles. The van der Waals surface area contributed by atoms with Crippen LogP contribution in [0.1, 0.15) is 31.3 Å². The number of anilines is 2. The highest BCUT2D eigenvalue weighted by Gasteiger charge is 2.18. The standard InChI is InChI=1S/C20H27N5O2/c1-4-24-11-13-25(14-12-24)19-10-9-17(22-23-19)20(26)21-16-7-5-6-8-18(16)27-15(2)3/h5-10,15H,4,11-14H2,1-3H3,(H,21,26). The fraction of sp³-hybridized carbons (Fsp3) is 0.450. The molecule has 2 heterocycles. The maximum Gasteiger partial charge on any atom is 0.276 e. The minimum atomic E-state index is -0.301. The summed E-state index contributed by atoms with van der Waals surface area (Å²) in [6.07, 6.45) is 0.0234. The molecule has 1 aliphatic heterocycles. The molecule has 144 valence electrons. The maximum absolute atomic E-state index is 12.5. The van der Waals surface area contributed by atoms with Crippen LogP contribution in [0.4, 0.5) is 11.5 Å². The Balaban J connectivity index is 1.65. The van der Waals surface area contributed by atoms with Crippen molar-refractivity contribution < 1.29 is 9.53 Å². The quantitative estimate of drug-likeness (QED) is 0.844. The van der Waals surface area contributed by atoms with E-state index in [2.05, 4.69) is 32.2 Å². The van der Waals surface area contributed by atoms with E-state index in [0.717, 1.165) is 38.5 Å². The number of hydrogen-bond donors (Lipinski definition) is 1. The number of carbonyl (C=O) groups excluding carboxylic acids is 1. The largest absolute Gasteiger partial charge is 0.489 e. The SMILES string of the molecule is CCN1CCN(c2ccc(C(=O)Nc3ccccc3OC(C)C)nn2)CC1. The zero-order chi connectivity index (χ0) is 19.2. The second-order valence-corrected chi connectivity index (χ2v) is 6.81. The van der Waals surface area contributed by atoms with Crippen molar-refractivity contribution in [2.45, 2.75) is 26.9 Å². The highest BCUT2D eigenvalue weighted by atomic mass is 16.5. The Hall–Kier alpha value is -2.67. The Bertz CT molecular complexity index is 755. The molecule has 0 radical (unpaired) electrons. The van der Waals surface area contributed by atoms with Crippen LogP contribution in [0.2, 0.25) is 0 Å². The number of benzene rings is 1. The van der Waals surface area contributed by atoms with Crippen LogP contribution >= 0.6 is 0 Å². The summed E-state index contributed by atoms with van der Waals surface area (Å²) < 4.78 is 5.74. The number of carbonyl (C=O) groups is 1. The topological polar surface area (TPSA) is 70.6 Å². The molecule has 0 saturated carbocycles. The van der Waals surface area contributed by atoms with Crippen molar-refractivity contribution >= 4 is 17.4 Å². The highest BCUT2D eigenvalue weighted by Crippen LogP contribution is 2.25. The molecule has 0 spiro atoms. The summed E-state index contributed by atoms with van der Waals surface area (Å²) in [6.45, 7) is 11.0. The normalized spacial score (nSPS) is 15.0. The van der Waals surface area contributed by atoms with Crippen molar-refractivity contribution in [3.8, 4) is 5.75 Å². The molecule has 7 heteroatoms. The van der Waals surface area contributed by atoms with Crippen molar-refractivity contribution in [3.63, 3.8) is 0 Å². The van der Waals surface area contributed by atoms with Gasteiger partial charge in [0, 0.05) is 26.2 Å². The van der Waals surface area contributed by atoms with Crippen LogP contribution in [-0.4, -0.2) is 59.8 Å². The lowest BCUT2D eigenvalue weighted by molar-refractivity contribution is 0.102. The number of para-hydroxylation sites is 2. The summed E-state index contributed by atoms with van der Waals surface area (Å²) in [5.74, 6) is 1.15. The predicted molar refractivity (Wildman–Crippen MR) is 107 cm³/mol. The van der Waals surface area contributed by atoms with Crippen LogP contribution < -0.4 is 15.0 Å². The van der Waals surface area contributed by atoms with E-state index < -0.39 is 0 Å². The highest BCUT2D eigenvalue weighted by molar-refractivity contribution is 6.03. The molecule has 7 nitrogen and oxygen atoms in total. The van der Waals surface area contributed by atoms with Gasteiger partial charge >= 0.3 is 0 Å². The lowest BCUT2D eigenvalue weighted by atomic mass is 10.2. The summed E-state index contributed by atoms with van der Waals surface area (Å²) in [5.41, 5.74) is 0.906. The van der Waals surface area contributed by atoms with Crippen molar-refractivity contribution in [3.05, 3.63) is 42.1 Å². The average molecular weight is 369 g/mol. The minimum Gasteiger partial charge on any atom is -0.489 e. The van der Waals surface area contributed by atoms with E-state index in [1.807, 2.05) is 44.2 Å². The van der Waals surface area contributed by atoms with Crippen LogP contribution in [0.3, 0.4) is 0 Å². The molecule has 1 fully saturated rings. The summed E-state index contributed by atoms with van der Waals surface area (Å²) in [4.78, 5) is 17.1. The summed E-state index contributed by atoms with van der Waals surface area (Å²) >= 11 is 0. The summed E-state index contributed by atoms with van der Waals surface area (Å²) in [5, 5.41) is 11.2. The van der Waals surface area contributed by atoms with Gasteiger partial charge < -0.3 is 19.9 Å². The number of amides is 1. The van der Waals surface area contributed by atoms with Crippen LogP contribution in [0.25, 0.3) is 0 Å². The van der Waals surface area contributed by atoms with Gasteiger partial charge in [-0.25, -0.2) is 0 Å². The number of aromatic nitrogens is 2. The lowest BCUT2D eigenvalue weighted by Crippen LogP contribution is -2.46. The predicted octanol–water partition coefficient (Wildman–Crippen LogP) is 2.66. The van der Waals surface area contributed by atoms with Crippen LogP contribution in [-0.2, 0) is 0 Å². The first-order valence-electron chi connectivity index (χ1n) is 9.45. The zero-order valence-corrected chi connectivity index (χ0v) is 16.2. The number of rotatable bonds is 6. The van der Waals surface area contributed by atoms with E-state index in [-0.39, 0.29) is 17.7 Å². The Morgan fingerprint density at radius 2 is 1.85 bits per heavy atom. The van der Waals surface area contributed by atoms with Crippen LogP contribution in [0.15, 0.2) is 36.4 Å². The fourth-order valence-electron chi connectivity index (χ4n) is 3.02. The molecule has 2 aromatic rings. The molecule has 1 aromatic heterocycles. The Kier molecular flexibility index (Phi) is 6.24. The van der Waals surface area contributed by atoms with E-state index >= 15 is 0 Å². The van der Waals surface area contributed by atoms with Crippen molar-refractivity contribution in [2.75, 3.05) is 42.9 Å². The second-order valence-electron chi connectivity index (χ2n) is 6.81. The smallest absolute Gasteiger partial charge is 0.276 e. The molecule has 3 rings (SSSR count). The molecule has 1 saturated heterocycles. The lowest BCUT2D eigenvalue weighted by Gasteiger charge is -2.34. The Morgan fingerprint density at radius 3 is 2.48 bits per heavy atom. The molecule has 0 atom stereocenters. The van der Waals surface area contributed by atoms with Gasteiger partial charge in [0.15, 0.2) is 11.5 Å². The Labute approximate surface area is 160 Å². The van der Waals surface area contributed by atoms with Crippen LogP contribution in [0.5, 0.6) is 5.75 Å².